The Labute approximate surface area is 143 Å². The Hall–Kier alpha value is -2.21. The minimum atomic E-state index is 0.384. The van der Waals surface area contributed by atoms with Crippen molar-refractivity contribution in [2.75, 3.05) is 12.5 Å². The van der Waals surface area contributed by atoms with E-state index in [1.54, 1.807) is 7.05 Å². The van der Waals surface area contributed by atoms with E-state index >= 15 is 0 Å². The van der Waals surface area contributed by atoms with Crippen LogP contribution >= 0.6 is 23.2 Å². The van der Waals surface area contributed by atoms with Crippen molar-refractivity contribution in [3.8, 4) is 22.5 Å². The molecule has 0 radical (unpaired) electrons. The third kappa shape index (κ3) is 3.59. The summed E-state index contributed by atoms with van der Waals surface area (Å²) >= 11 is 11.9. The lowest BCUT2D eigenvalue weighted by Crippen LogP contribution is -2.18. The molecule has 0 amide bonds. The monoisotopic (exact) mass is 345 g/mol. The molecule has 1 aromatic heterocycles. The van der Waals surface area contributed by atoms with E-state index < -0.39 is 0 Å². The van der Waals surface area contributed by atoms with E-state index in [1.807, 2.05) is 48.5 Å². The molecule has 7 heteroatoms. The first-order chi connectivity index (χ1) is 11.2. The molecule has 0 aliphatic heterocycles. The van der Waals surface area contributed by atoms with Crippen LogP contribution in [0.1, 0.15) is 0 Å². The summed E-state index contributed by atoms with van der Waals surface area (Å²) in [5, 5.41) is 9.71. The molecule has 0 spiro atoms. The van der Waals surface area contributed by atoms with E-state index in [4.69, 9.17) is 23.2 Å². The predicted molar refractivity (Wildman–Crippen MR) is 93.4 cm³/mol. The Morgan fingerprint density at radius 3 is 1.78 bits per heavy atom. The number of rotatable bonds is 4. The highest BCUT2D eigenvalue weighted by atomic mass is 35.5. The van der Waals surface area contributed by atoms with Crippen molar-refractivity contribution in [1.29, 1.82) is 0 Å². The van der Waals surface area contributed by atoms with Crippen LogP contribution in [0, 0.1) is 0 Å². The van der Waals surface area contributed by atoms with E-state index in [0.29, 0.717) is 27.4 Å². The van der Waals surface area contributed by atoms with Gasteiger partial charge in [-0.15, -0.1) is 10.2 Å². The maximum absolute atomic E-state index is 5.97. The Balaban J connectivity index is 2.14. The summed E-state index contributed by atoms with van der Waals surface area (Å²) < 4.78 is 0. The first kappa shape index (κ1) is 15.7. The van der Waals surface area contributed by atoms with Gasteiger partial charge in [0.15, 0.2) is 0 Å². The molecule has 0 saturated heterocycles. The maximum Gasteiger partial charge on any atom is 0.257 e. The van der Waals surface area contributed by atoms with Gasteiger partial charge in [-0.3, -0.25) is 5.43 Å². The first-order valence-electron chi connectivity index (χ1n) is 6.87. The van der Waals surface area contributed by atoms with Gasteiger partial charge in [-0.2, -0.15) is 0 Å². The molecule has 0 bridgehead atoms. The van der Waals surface area contributed by atoms with Crippen molar-refractivity contribution in [3.63, 3.8) is 0 Å². The van der Waals surface area contributed by atoms with Gasteiger partial charge in [0.25, 0.3) is 5.95 Å². The second-order valence-electron chi connectivity index (χ2n) is 4.72. The zero-order valence-corrected chi connectivity index (χ0v) is 13.7. The number of anilines is 1. The van der Waals surface area contributed by atoms with E-state index in [1.165, 1.54) is 0 Å². The number of nitrogens with zero attached hydrogens (tertiary/aromatic N) is 3. The number of hydrogen-bond donors (Lipinski definition) is 2. The smallest absolute Gasteiger partial charge is 0.257 e. The van der Waals surface area contributed by atoms with Gasteiger partial charge in [-0.1, -0.05) is 47.5 Å². The zero-order chi connectivity index (χ0) is 16.2. The van der Waals surface area contributed by atoms with Gasteiger partial charge in [0.2, 0.25) is 0 Å². The van der Waals surface area contributed by atoms with Gasteiger partial charge < -0.3 is 0 Å². The average Bonchev–Trinajstić information content (AvgIpc) is 2.57. The Kier molecular flexibility index (Phi) is 4.71. The number of hydrogen-bond acceptors (Lipinski definition) is 5. The fraction of sp³-hybridized carbons (Fsp3) is 0.0625. The molecule has 0 atom stereocenters. The second kappa shape index (κ2) is 6.91. The molecular weight excluding hydrogens is 333 g/mol. The largest absolute Gasteiger partial charge is 0.289 e. The van der Waals surface area contributed by atoms with Gasteiger partial charge in [-0.05, 0) is 24.3 Å². The van der Waals surface area contributed by atoms with Crippen LogP contribution in [0.15, 0.2) is 48.5 Å². The molecule has 2 N–H and O–H groups in total. The maximum atomic E-state index is 5.97. The number of aromatic nitrogens is 3. The van der Waals surface area contributed by atoms with Gasteiger partial charge in [-0.25, -0.2) is 10.4 Å². The van der Waals surface area contributed by atoms with Crippen LogP contribution in [0.5, 0.6) is 0 Å². The highest BCUT2D eigenvalue weighted by Gasteiger charge is 2.13. The molecule has 1 heterocycles. The van der Waals surface area contributed by atoms with E-state index in [2.05, 4.69) is 26.0 Å². The van der Waals surface area contributed by atoms with Crippen LogP contribution in [0.25, 0.3) is 22.5 Å². The standard InChI is InChI=1S/C16H13Cl2N5/c1-19-22-16-20-14(10-2-6-12(17)7-3-10)15(21-23-16)11-4-8-13(18)9-5-11/h2-9,19H,1H3,(H,20,22,23). The number of halogens is 2. The van der Waals surface area contributed by atoms with Crippen LogP contribution in [-0.2, 0) is 0 Å². The van der Waals surface area contributed by atoms with Crippen LogP contribution in [0.3, 0.4) is 0 Å². The summed E-state index contributed by atoms with van der Waals surface area (Å²) in [6.45, 7) is 0. The molecule has 2 aromatic carbocycles. The number of hydrazine groups is 1. The lowest BCUT2D eigenvalue weighted by Gasteiger charge is -2.10. The highest BCUT2D eigenvalue weighted by molar-refractivity contribution is 6.31. The van der Waals surface area contributed by atoms with Crippen molar-refractivity contribution in [2.24, 2.45) is 0 Å². The summed E-state index contributed by atoms with van der Waals surface area (Å²) in [4.78, 5) is 4.54. The normalized spacial score (nSPS) is 10.6. The average molecular weight is 346 g/mol. The van der Waals surface area contributed by atoms with Crippen LogP contribution in [0.4, 0.5) is 5.95 Å². The molecule has 116 valence electrons. The molecule has 3 aromatic rings. The summed E-state index contributed by atoms with van der Waals surface area (Å²) in [5.41, 5.74) is 8.78. The third-order valence-corrected chi connectivity index (χ3v) is 3.66. The Morgan fingerprint density at radius 2 is 1.26 bits per heavy atom. The van der Waals surface area contributed by atoms with Crippen LogP contribution in [0.2, 0.25) is 10.0 Å². The van der Waals surface area contributed by atoms with Crippen molar-refractivity contribution >= 4 is 29.2 Å². The summed E-state index contributed by atoms with van der Waals surface area (Å²) in [7, 11) is 1.73. The number of nitrogens with one attached hydrogen (secondary N) is 2. The van der Waals surface area contributed by atoms with Crippen LogP contribution < -0.4 is 10.9 Å². The van der Waals surface area contributed by atoms with Gasteiger partial charge >= 0.3 is 0 Å². The van der Waals surface area contributed by atoms with E-state index in [9.17, 15) is 0 Å². The molecule has 0 unspecified atom stereocenters. The van der Waals surface area contributed by atoms with Crippen molar-refractivity contribution in [1.82, 2.24) is 20.6 Å². The van der Waals surface area contributed by atoms with Crippen molar-refractivity contribution < 1.29 is 0 Å². The predicted octanol–water partition coefficient (Wildman–Crippen LogP) is 4.06. The Bertz CT molecular complexity index is 804. The van der Waals surface area contributed by atoms with Crippen molar-refractivity contribution in [3.05, 3.63) is 58.6 Å². The summed E-state index contributed by atoms with van der Waals surface area (Å²) in [6, 6.07) is 14.8. The minimum Gasteiger partial charge on any atom is -0.289 e. The molecule has 0 aliphatic rings. The third-order valence-electron chi connectivity index (χ3n) is 3.16. The van der Waals surface area contributed by atoms with E-state index in [0.717, 1.165) is 11.1 Å². The SMILES string of the molecule is CNNc1nnc(-c2ccc(Cl)cc2)c(-c2ccc(Cl)cc2)n1. The molecular formula is C16H13Cl2N5. The lowest BCUT2D eigenvalue weighted by molar-refractivity contribution is 0.897. The molecule has 0 aliphatic carbocycles. The second-order valence-corrected chi connectivity index (χ2v) is 5.59. The minimum absolute atomic E-state index is 0.384. The van der Waals surface area contributed by atoms with Gasteiger partial charge in [0, 0.05) is 28.2 Å². The fourth-order valence-electron chi connectivity index (χ4n) is 2.10. The quantitative estimate of drug-likeness (QED) is 0.698. The molecule has 5 nitrogen and oxygen atoms in total. The topological polar surface area (TPSA) is 62.7 Å². The molecule has 0 saturated carbocycles. The summed E-state index contributed by atoms with van der Waals surface area (Å²) in [6.07, 6.45) is 0. The fourth-order valence-corrected chi connectivity index (χ4v) is 2.35. The Morgan fingerprint density at radius 1 is 0.739 bits per heavy atom. The van der Waals surface area contributed by atoms with Gasteiger partial charge in [0.1, 0.15) is 11.4 Å². The molecule has 3 rings (SSSR count). The van der Waals surface area contributed by atoms with Gasteiger partial charge in [0.05, 0.1) is 0 Å². The number of benzene rings is 2. The molecule has 0 fully saturated rings. The van der Waals surface area contributed by atoms with E-state index in [-0.39, 0.29) is 0 Å². The molecule has 23 heavy (non-hydrogen) atoms. The highest BCUT2D eigenvalue weighted by Crippen LogP contribution is 2.30. The zero-order valence-electron chi connectivity index (χ0n) is 12.2. The van der Waals surface area contributed by atoms with Crippen LogP contribution in [-0.4, -0.2) is 22.2 Å². The first-order valence-corrected chi connectivity index (χ1v) is 7.62. The summed E-state index contributed by atoms with van der Waals surface area (Å²) in [5.74, 6) is 0.384. The van der Waals surface area contributed by atoms with Crippen molar-refractivity contribution in [2.45, 2.75) is 0 Å². The lowest BCUT2D eigenvalue weighted by atomic mass is 10.0.